The number of benzene rings is 1. The molecule has 154 valence electrons. The number of fused-ring (bicyclic) bond motifs is 1. The number of nitrogens with zero attached hydrogens (tertiary/aromatic N) is 2. The van der Waals surface area contributed by atoms with E-state index in [1.54, 1.807) is 11.8 Å². The predicted octanol–water partition coefficient (Wildman–Crippen LogP) is 4.30. The Morgan fingerprint density at radius 1 is 1.27 bits per heavy atom. The van der Waals surface area contributed by atoms with Crippen LogP contribution in [0, 0.1) is 6.92 Å². The van der Waals surface area contributed by atoms with Crippen molar-refractivity contribution >= 4 is 34.9 Å². The molecule has 0 unspecified atom stereocenters. The van der Waals surface area contributed by atoms with Gasteiger partial charge < -0.3 is 10.2 Å². The molecule has 5 nitrogen and oxygen atoms in total. The molecule has 3 heterocycles. The zero-order valence-electron chi connectivity index (χ0n) is 17.0. The van der Waals surface area contributed by atoms with Gasteiger partial charge in [0.15, 0.2) is 0 Å². The maximum Gasteiger partial charge on any atom is 0.255 e. The highest BCUT2D eigenvalue weighted by Gasteiger charge is 2.25. The summed E-state index contributed by atoms with van der Waals surface area (Å²) in [5.74, 6) is -0.0203. The van der Waals surface area contributed by atoms with Gasteiger partial charge in [-0.05, 0) is 59.9 Å². The molecular weight excluding hydrogens is 414 g/mol. The van der Waals surface area contributed by atoms with Crippen molar-refractivity contribution in [2.24, 2.45) is 0 Å². The number of thiophene rings is 1. The van der Waals surface area contributed by atoms with E-state index in [0.29, 0.717) is 25.2 Å². The summed E-state index contributed by atoms with van der Waals surface area (Å²) in [7, 11) is 0. The number of amides is 2. The van der Waals surface area contributed by atoms with Crippen molar-refractivity contribution in [3.05, 3.63) is 80.8 Å². The molecule has 2 amide bonds. The van der Waals surface area contributed by atoms with Crippen LogP contribution in [-0.4, -0.2) is 34.5 Å². The molecule has 1 N–H and O–H groups in total. The lowest BCUT2D eigenvalue weighted by atomic mass is 9.94. The number of hydrogen-bond acceptors (Lipinski definition) is 5. The van der Waals surface area contributed by atoms with Crippen molar-refractivity contribution in [2.45, 2.75) is 31.3 Å². The summed E-state index contributed by atoms with van der Waals surface area (Å²) < 4.78 is 0. The molecule has 0 fully saturated rings. The Hall–Kier alpha value is -2.64. The Kier molecular flexibility index (Phi) is 6.20. The lowest BCUT2D eigenvalue weighted by molar-refractivity contribution is 0.0734. The summed E-state index contributed by atoms with van der Waals surface area (Å²) in [6.07, 6.45) is 4.60. The second-order valence-electron chi connectivity index (χ2n) is 7.20. The van der Waals surface area contributed by atoms with Gasteiger partial charge in [-0.25, -0.2) is 0 Å². The first-order valence-corrected chi connectivity index (χ1v) is 11.9. The van der Waals surface area contributed by atoms with Gasteiger partial charge in [-0.2, -0.15) is 11.3 Å². The smallest absolute Gasteiger partial charge is 0.255 e. The second kappa shape index (κ2) is 9.02. The number of aryl methyl sites for hydroxylation is 1. The highest BCUT2D eigenvalue weighted by atomic mass is 32.2. The maximum absolute atomic E-state index is 12.8. The minimum Gasteiger partial charge on any atom is -0.348 e. The van der Waals surface area contributed by atoms with E-state index in [4.69, 9.17) is 0 Å². The van der Waals surface area contributed by atoms with E-state index in [1.807, 2.05) is 65.4 Å². The van der Waals surface area contributed by atoms with Crippen LogP contribution in [-0.2, 0) is 19.5 Å². The van der Waals surface area contributed by atoms with E-state index >= 15 is 0 Å². The van der Waals surface area contributed by atoms with Gasteiger partial charge in [-0.1, -0.05) is 12.1 Å². The highest BCUT2D eigenvalue weighted by Crippen LogP contribution is 2.26. The first kappa shape index (κ1) is 20.6. The van der Waals surface area contributed by atoms with Crippen LogP contribution < -0.4 is 5.32 Å². The molecule has 1 aromatic carbocycles. The Morgan fingerprint density at radius 3 is 2.87 bits per heavy atom. The topological polar surface area (TPSA) is 62.3 Å². The largest absolute Gasteiger partial charge is 0.348 e. The third-order valence-electron chi connectivity index (χ3n) is 5.43. The van der Waals surface area contributed by atoms with Gasteiger partial charge in [-0.3, -0.25) is 14.6 Å². The maximum atomic E-state index is 12.8. The Bertz CT molecular complexity index is 1080. The molecule has 1 aliphatic rings. The van der Waals surface area contributed by atoms with E-state index in [-0.39, 0.29) is 11.8 Å². The molecule has 1 aliphatic heterocycles. The van der Waals surface area contributed by atoms with Crippen molar-refractivity contribution < 1.29 is 9.59 Å². The predicted molar refractivity (Wildman–Crippen MR) is 121 cm³/mol. The van der Waals surface area contributed by atoms with Crippen molar-refractivity contribution in [3.63, 3.8) is 0 Å². The molecule has 30 heavy (non-hydrogen) atoms. The average Bonchev–Trinajstić information content (AvgIpc) is 3.32. The molecule has 0 aliphatic carbocycles. The molecule has 2 aromatic heterocycles. The third kappa shape index (κ3) is 4.13. The van der Waals surface area contributed by atoms with Crippen LogP contribution in [0.15, 0.2) is 52.2 Å². The lowest BCUT2D eigenvalue weighted by Gasteiger charge is -2.30. The quantitative estimate of drug-likeness (QED) is 0.605. The van der Waals surface area contributed by atoms with Crippen molar-refractivity contribution in [2.75, 3.05) is 12.8 Å². The minimum absolute atomic E-state index is 0.0611. The van der Waals surface area contributed by atoms with Gasteiger partial charge in [0.05, 0.1) is 11.1 Å². The fourth-order valence-electron chi connectivity index (χ4n) is 3.79. The number of carbonyl (C=O) groups is 2. The highest BCUT2D eigenvalue weighted by molar-refractivity contribution is 7.98. The summed E-state index contributed by atoms with van der Waals surface area (Å²) in [5.41, 5.74) is 5.67. The molecule has 0 bridgehead atoms. The zero-order valence-corrected chi connectivity index (χ0v) is 18.6. The summed E-state index contributed by atoms with van der Waals surface area (Å²) in [6, 6.07) is 9.48. The van der Waals surface area contributed by atoms with Crippen LogP contribution in [0.2, 0.25) is 0 Å². The van der Waals surface area contributed by atoms with Crippen molar-refractivity contribution in [1.82, 2.24) is 15.2 Å². The first-order chi connectivity index (χ1) is 14.6. The number of nitrogens with one attached hydrogen (secondary N) is 1. The standard InChI is InChI=1S/C23H23N3O2S2/c1-15-20(12-25-22(27)19-5-3-4-6-21(19)29-2)18-7-9-26(13-17(18)11-24-15)23(28)16-8-10-30-14-16/h3-6,8,10-11,14H,7,9,12-13H2,1-2H3,(H,25,27). The normalized spacial score (nSPS) is 13.1. The summed E-state index contributed by atoms with van der Waals surface area (Å²) in [6.45, 7) is 3.62. The van der Waals surface area contributed by atoms with Crippen LogP contribution in [0.3, 0.4) is 0 Å². The molecule has 3 aromatic rings. The van der Waals surface area contributed by atoms with Crippen molar-refractivity contribution in [3.8, 4) is 0 Å². The molecule has 4 rings (SSSR count). The first-order valence-electron chi connectivity index (χ1n) is 9.77. The van der Waals surface area contributed by atoms with Crippen LogP contribution in [0.25, 0.3) is 0 Å². The molecular formula is C23H23N3O2S2. The van der Waals surface area contributed by atoms with E-state index < -0.39 is 0 Å². The number of rotatable bonds is 5. The van der Waals surface area contributed by atoms with Gasteiger partial charge in [0.25, 0.3) is 11.8 Å². The fourth-order valence-corrected chi connectivity index (χ4v) is 5.02. The Labute approximate surface area is 184 Å². The van der Waals surface area contributed by atoms with E-state index in [9.17, 15) is 9.59 Å². The molecule has 0 atom stereocenters. The van der Waals surface area contributed by atoms with Gasteiger partial charge >= 0.3 is 0 Å². The summed E-state index contributed by atoms with van der Waals surface area (Å²) in [5, 5.41) is 6.88. The van der Waals surface area contributed by atoms with E-state index in [0.717, 1.165) is 33.7 Å². The molecule has 0 saturated carbocycles. The van der Waals surface area contributed by atoms with Crippen LogP contribution in [0.5, 0.6) is 0 Å². The average molecular weight is 438 g/mol. The van der Waals surface area contributed by atoms with Crippen LogP contribution >= 0.6 is 23.1 Å². The summed E-state index contributed by atoms with van der Waals surface area (Å²) in [4.78, 5) is 32.8. The number of pyridine rings is 1. The number of thioether (sulfide) groups is 1. The molecule has 0 radical (unpaired) electrons. The Balaban J connectivity index is 1.51. The number of aromatic nitrogens is 1. The van der Waals surface area contributed by atoms with Gasteiger partial charge in [-0.15, -0.1) is 11.8 Å². The van der Waals surface area contributed by atoms with Crippen LogP contribution in [0.4, 0.5) is 0 Å². The second-order valence-corrected chi connectivity index (χ2v) is 8.83. The Morgan fingerprint density at radius 2 is 2.10 bits per heavy atom. The lowest BCUT2D eigenvalue weighted by Crippen LogP contribution is -2.37. The van der Waals surface area contributed by atoms with Gasteiger partial charge in [0.2, 0.25) is 0 Å². The van der Waals surface area contributed by atoms with E-state index in [1.165, 1.54) is 16.9 Å². The third-order valence-corrected chi connectivity index (χ3v) is 6.91. The summed E-state index contributed by atoms with van der Waals surface area (Å²) >= 11 is 3.09. The van der Waals surface area contributed by atoms with Crippen molar-refractivity contribution in [1.29, 1.82) is 0 Å². The van der Waals surface area contributed by atoms with Gasteiger partial charge in [0, 0.05) is 41.8 Å². The molecule has 0 saturated heterocycles. The van der Waals surface area contributed by atoms with Crippen LogP contribution in [0.1, 0.15) is 43.1 Å². The number of hydrogen-bond donors (Lipinski definition) is 1. The minimum atomic E-state index is -0.0815. The fraction of sp³-hybridized carbons (Fsp3) is 0.261. The zero-order chi connectivity index (χ0) is 21.1. The van der Waals surface area contributed by atoms with Gasteiger partial charge in [0.1, 0.15) is 0 Å². The molecule has 0 spiro atoms. The van der Waals surface area contributed by atoms with E-state index in [2.05, 4.69) is 10.3 Å². The SMILES string of the molecule is CSc1ccccc1C(=O)NCc1c(C)ncc2c1CCN(C(=O)c1ccsc1)C2. The monoisotopic (exact) mass is 437 g/mol. The molecule has 7 heteroatoms. The number of carbonyl (C=O) groups excluding carboxylic acids is 2.